The van der Waals surface area contributed by atoms with E-state index in [4.69, 9.17) is 21.1 Å². The van der Waals surface area contributed by atoms with Crippen LogP contribution >= 0.6 is 11.6 Å². The second kappa shape index (κ2) is 7.70. The van der Waals surface area contributed by atoms with E-state index in [9.17, 15) is 5.11 Å². The van der Waals surface area contributed by atoms with Gasteiger partial charge in [-0.05, 0) is 25.0 Å². The van der Waals surface area contributed by atoms with E-state index in [0.717, 1.165) is 26.0 Å². The molecule has 2 rings (SSSR count). The average Bonchev–Trinajstić information content (AvgIpc) is 2.91. The zero-order chi connectivity index (χ0) is 13.5. The second-order valence-electron chi connectivity index (χ2n) is 4.69. The molecule has 5 heteroatoms. The fourth-order valence-corrected chi connectivity index (χ4v) is 2.21. The van der Waals surface area contributed by atoms with Gasteiger partial charge >= 0.3 is 0 Å². The first-order valence-corrected chi connectivity index (χ1v) is 7.01. The van der Waals surface area contributed by atoms with E-state index in [2.05, 4.69) is 5.32 Å². The largest absolute Gasteiger partial charge is 0.489 e. The molecule has 1 aromatic rings. The molecule has 1 heterocycles. The fourth-order valence-electron chi connectivity index (χ4n) is 2.02. The van der Waals surface area contributed by atoms with Gasteiger partial charge < -0.3 is 19.9 Å². The topological polar surface area (TPSA) is 50.7 Å². The quantitative estimate of drug-likeness (QED) is 0.803. The van der Waals surface area contributed by atoms with Gasteiger partial charge in [0.25, 0.3) is 0 Å². The predicted molar refractivity (Wildman–Crippen MR) is 74.8 cm³/mol. The highest BCUT2D eigenvalue weighted by Crippen LogP contribution is 2.23. The average molecular weight is 286 g/mol. The van der Waals surface area contributed by atoms with Crippen molar-refractivity contribution in [3.8, 4) is 5.75 Å². The summed E-state index contributed by atoms with van der Waals surface area (Å²) in [6.45, 7) is 2.35. The van der Waals surface area contributed by atoms with Gasteiger partial charge in [-0.3, -0.25) is 0 Å². The highest BCUT2D eigenvalue weighted by molar-refractivity contribution is 6.32. The summed E-state index contributed by atoms with van der Waals surface area (Å²) in [5, 5.41) is 13.6. The van der Waals surface area contributed by atoms with Crippen molar-refractivity contribution in [1.29, 1.82) is 0 Å². The third-order valence-corrected chi connectivity index (χ3v) is 3.36. The van der Waals surface area contributed by atoms with Crippen molar-refractivity contribution in [1.82, 2.24) is 5.32 Å². The Morgan fingerprint density at radius 2 is 2.32 bits per heavy atom. The minimum Gasteiger partial charge on any atom is -0.489 e. The summed E-state index contributed by atoms with van der Waals surface area (Å²) in [6, 6.07) is 7.24. The molecule has 0 bridgehead atoms. The number of aliphatic hydroxyl groups excluding tert-OH is 1. The molecule has 1 fully saturated rings. The van der Waals surface area contributed by atoms with Crippen molar-refractivity contribution in [2.45, 2.75) is 25.0 Å². The summed E-state index contributed by atoms with van der Waals surface area (Å²) in [5.41, 5.74) is 0. The number of benzene rings is 1. The fraction of sp³-hybridized carbons (Fsp3) is 0.571. The van der Waals surface area contributed by atoms with Gasteiger partial charge in [0, 0.05) is 19.7 Å². The van der Waals surface area contributed by atoms with Crippen LogP contribution in [-0.2, 0) is 4.74 Å². The van der Waals surface area contributed by atoms with E-state index in [1.54, 1.807) is 12.1 Å². The molecule has 4 nitrogen and oxygen atoms in total. The number of para-hydroxylation sites is 1. The maximum atomic E-state index is 9.80. The summed E-state index contributed by atoms with van der Waals surface area (Å²) in [7, 11) is 0. The van der Waals surface area contributed by atoms with Crippen LogP contribution in [0.3, 0.4) is 0 Å². The van der Waals surface area contributed by atoms with Crippen LogP contribution < -0.4 is 10.1 Å². The van der Waals surface area contributed by atoms with Crippen molar-refractivity contribution in [3.63, 3.8) is 0 Å². The van der Waals surface area contributed by atoms with Crippen LogP contribution in [0.4, 0.5) is 0 Å². The highest BCUT2D eigenvalue weighted by Gasteiger charge is 2.15. The van der Waals surface area contributed by atoms with Crippen molar-refractivity contribution < 1.29 is 14.6 Å². The van der Waals surface area contributed by atoms with Gasteiger partial charge in [-0.15, -0.1) is 0 Å². The maximum absolute atomic E-state index is 9.80. The maximum Gasteiger partial charge on any atom is 0.138 e. The molecule has 1 aromatic carbocycles. The number of rotatable bonds is 7. The van der Waals surface area contributed by atoms with Crippen LogP contribution in [0.1, 0.15) is 12.8 Å². The first-order chi connectivity index (χ1) is 9.25. The molecular formula is C14H20ClNO3. The number of aliphatic hydroxyl groups is 1. The summed E-state index contributed by atoms with van der Waals surface area (Å²) in [6.07, 6.45) is 1.96. The van der Waals surface area contributed by atoms with Gasteiger partial charge in [0.1, 0.15) is 18.5 Å². The molecule has 0 amide bonds. The standard InChI is InChI=1S/C14H20ClNO3/c15-13-5-1-2-6-14(13)19-10-11(17)8-16-9-12-4-3-7-18-12/h1-2,5-6,11-12,16-17H,3-4,7-10H2. The van der Waals surface area contributed by atoms with Crippen LogP contribution in [0.15, 0.2) is 24.3 Å². The van der Waals surface area contributed by atoms with Crippen LogP contribution in [0.2, 0.25) is 5.02 Å². The molecule has 19 heavy (non-hydrogen) atoms. The van der Waals surface area contributed by atoms with E-state index in [1.807, 2.05) is 12.1 Å². The molecule has 2 N–H and O–H groups in total. The Morgan fingerprint density at radius 1 is 1.47 bits per heavy atom. The second-order valence-corrected chi connectivity index (χ2v) is 5.10. The lowest BCUT2D eigenvalue weighted by atomic mass is 10.2. The van der Waals surface area contributed by atoms with Gasteiger partial charge in [-0.2, -0.15) is 0 Å². The van der Waals surface area contributed by atoms with E-state index >= 15 is 0 Å². The summed E-state index contributed by atoms with van der Waals surface area (Å²) < 4.78 is 11.0. The van der Waals surface area contributed by atoms with Gasteiger partial charge in [0.2, 0.25) is 0 Å². The molecule has 0 saturated carbocycles. The lowest BCUT2D eigenvalue weighted by Crippen LogP contribution is -2.35. The van der Waals surface area contributed by atoms with Gasteiger partial charge in [0.05, 0.1) is 11.1 Å². The monoisotopic (exact) mass is 285 g/mol. The molecule has 106 valence electrons. The number of hydrogen-bond donors (Lipinski definition) is 2. The predicted octanol–water partition coefficient (Wildman–Crippen LogP) is 1.85. The summed E-state index contributed by atoms with van der Waals surface area (Å²) >= 11 is 5.96. The minimum absolute atomic E-state index is 0.224. The Hall–Kier alpha value is -0.810. The first kappa shape index (κ1) is 14.6. The number of nitrogens with one attached hydrogen (secondary N) is 1. The molecule has 0 radical (unpaired) electrons. The molecule has 2 atom stereocenters. The molecule has 0 aromatic heterocycles. The van der Waals surface area contributed by atoms with Crippen LogP contribution in [-0.4, -0.2) is 43.6 Å². The normalized spacial score (nSPS) is 20.4. The summed E-state index contributed by atoms with van der Waals surface area (Å²) in [4.78, 5) is 0. The molecule has 0 spiro atoms. The third kappa shape index (κ3) is 4.99. The van der Waals surface area contributed by atoms with Crippen LogP contribution in [0.5, 0.6) is 5.75 Å². The highest BCUT2D eigenvalue weighted by atomic mass is 35.5. The Morgan fingerprint density at radius 3 is 3.05 bits per heavy atom. The zero-order valence-electron chi connectivity index (χ0n) is 10.8. The molecule has 1 saturated heterocycles. The SMILES string of the molecule is OC(CNCC1CCCO1)COc1ccccc1Cl. The van der Waals surface area contributed by atoms with E-state index < -0.39 is 6.10 Å². The first-order valence-electron chi connectivity index (χ1n) is 6.63. The van der Waals surface area contributed by atoms with Gasteiger partial charge in [0.15, 0.2) is 0 Å². The summed E-state index contributed by atoms with van der Waals surface area (Å²) in [5.74, 6) is 0.599. The molecule has 2 unspecified atom stereocenters. The lowest BCUT2D eigenvalue weighted by Gasteiger charge is -2.15. The Kier molecular flexibility index (Phi) is 5.92. The molecule has 0 aliphatic carbocycles. The Bertz CT molecular complexity index is 383. The van der Waals surface area contributed by atoms with Crippen molar-refractivity contribution in [3.05, 3.63) is 29.3 Å². The number of ether oxygens (including phenoxy) is 2. The smallest absolute Gasteiger partial charge is 0.138 e. The number of hydrogen-bond acceptors (Lipinski definition) is 4. The van der Waals surface area contributed by atoms with E-state index in [-0.39, 0.29) is 12.7 Å². The zero-order valence-corrected chi connectivity index (χ0v) is 11.6. The molecule has 1 aliphatic rings. The number of halogens is 1. The van der Waals surface area contributed by atoms with E-state index in [0.29, 0.717) is 17.3 Å². The van der Waals surface area contributed by atoms with Gasteiger partial charge in [-0.25, -0.2) is 0 Å². The van der Waals surface area contributed by atoms with Gasteiger partial charge in [-0.1, -0.05) is 23.7 Å². The van der Waals surface area contributed by atoms with Crippen LogP contribution in [0, 0.1) is 0 Å². The molecule has 1 aliphatic heterocycles. The Balaban J connectivity index is 1.61. The van der Waals surface area contributed by atoms with Crippen molar-refractivity contribution >= 4 is 11.6 Å². The third-order valence-electron chi connectivity index (χ3n) is 3.04. The Labute approximate surface area is 118 Å². The van der Waals surface area contributed by atoms with E-state index in [1.165, 1.54) is 0 Å². The lowest BCUT2D eigenvalue weighted by molar-refractivity contribution is 0.0882. The van der Waals surface area contributed by atoms with Crippen molar-refractivity contribution in [2.75, 3.05) is 26.3 Å². The van der Waals surface area contributed by atoms with Crippen molar-refractivity contribution in [2.24, 2.45) is 0 Å². The van der Waals surface area contributed by atoms with Crippen LogP contribution in [0.25, 0.3) is 0 Å². The minimum atomic E-state index is -0.558. The molecular weight excluding hydrogens is 266 g/mol.